The molecule has 1 aromatic rings. The van der Waals surface area contributed by atoms with Crippen molar-refractivity contribution in [2.24, 2.45) is 5.41 Å². The summed E-state index contributed by atoms with van der Waals surface area (Å²) in [7, 11) is 1.81. The highest BCUT2D eigenvalue weighted by Gasteiger charge is 2.27. The molecule has 1 rings (SSSR count). The molecule has 0 bridgehead atoms. The molecule has 0 fully saturated rings. The van der Waals surface area contributed by atoms with Crippen molar-refractivity contribution in [3.05, 3.63) is 29.8 Å². The normalized spacial score (nSPS) is 13.2. The largest absolute Gasteiger partial charge is 0.508 e. The zero-order valence-electron chi connectivity index (χ0n) is 11.2. The van der Waals surface area contributed by atoms with Crippen molar-refractivity contribution in [1.29, 1.82) is 0 Å². The summed E-state index contributed by atoms with van der Waals surface area (Å²) < 4.78 is 0. The minimum Gasteiger partial charge on any atom is -0.508 e. The second-order valence-electron chi connectivity index (χ2n) is 5.50. The van der Waals surface area contributed by atoms with Gasteiger partial charge in [0, 0.05) is 18.7 Å². The molecule has 3 heteroatoms. The van der Waals surface area contributed by atoms with Crippen LogP contribution in [0, 0.1) is 5.41 Å². The standard InChI is InChI=1S/C14H21NO2/c1-10(14(2,3)4)15(5)13(17)11-6-8-12(16)9-7-11/h6-10,16H,1-5H3. The quantitative estimate of drug-likeness (QED) is 0.856. The molecule has 0 aliphatic carbocycles. The van der Waals surface area contributed by atoms with Crippen LogP contribution in [-0.2, 0) is 0 Å². The summed E-state index contributed by atoms with van der Waals surface area (Å²) in [6, 6.07) is 6.49. The molecule has 1 atom stereocenters. The van der Waals surface area contributed by atoms with Gasteiger partial charge in [0.15, 0.2) is 0 Å². The maximum atomic E-state index is 12.2. The highest BCUT2D eigenvalue weighted by Crippen LogP contribution is 2.24. The molecule has 1 aromatic carbocycles. The zero-order chi connectivity index (χ0) is 13.2. The number of rotatable bonds is 2. The number of aromatic hydroxyl groups is 1. The number of hydrogen-bond donors (Lipinski definition) is 1. The number of carbonyl (C=O) groups excluding carboxylic acids is 1. The first-order valence-corrected chi connectivity index (χ1v) is 5.79. The first-order chi connectivity index (χ1) is 7.73. The lowest BCUT2D eigenvalue weighted by molar-refractivity contribution is 0.0629. The fraction of sp³-hybridized carbons (Fsp3) is 0.500. The second kappa shape index (κ2) is 4.78. The molecule has 3 nitrogen and oxygen atoms in total. The van der Waals surface area contributed by atoms with E-state index in [1.54, 1.807) is 17.0 Å². The third-order valence-electron chi connectivity index (χ3n) is 3.27. The summed E-state index contributed by atoms with van der Waals surface area (Å²) in [5, 5.41) is 9.19. The maximum Gasteiger partial charge on any atom is 0.253 e. The van der Waals surface area contributed by atoms with E-state index in [2.05, 4.69) is 20.8 Å². The van der Waals surface area contributed by atoms with Crippen LogP contribution in [-0.4, -0.2) is 29.0 Å². The molecule has 1 unspecified atom stereocenters. The molecule has 0 radical (unpaired) electrons. The van der Waals surface area contributed by atoms with Crippen molar-refractivity contribution in [2.75, 3.05) is 7.05 Å². The summed E-state index contributed by atoms with van der Waals surface area (Å²) in [5.74, 6) is 0.153. The number of carbonyl (C=O) groups is 1. The smallest absolute Gasteiger partial charge is 0.253 e. The van der Waals surface area contributed by atoms with Gasteiger partial charge in [-0.05, 0) is 36.6 Å². The molecule has 0 aliphatic heterocycles. The van der Waals surface area contributed by atoms with Gasteiger partial charge in [0.2, 0.25) is 0 Å². The van der Waals surface area contributed by atoms with Crippen LogP contribution in [0.5, 0.6) is 5.75 Å². The average Bonchev–Trinajstić information content (AvgIpc) is 2.26. The molecular formula is C14H21NO2. The SMILES string of the molecule is CC(N(C)C(=O)c1ccc(O)cc1)C(C)(C)C. The Hall–Kier alpha value is -1.51. The number of hydrogen-bond acceptors (Lipinski definition) is 2. The first kappa shape index (κ1) is 13.6. The Balaban J connectivity index is 2.87. The summed E-state index contributed by atoms with van der Waals surface area (Å²) in [4.78, 5) is 13.9. The highest BCUT2D eigenvalue weighted by atomic mass is 16.3. The van der Waals surface area contributed by atoms with Crippen molar-refractivity contribution < 1.29 is 9.90 Å². The van der Waals surface area contributed by atoms with Crippen molar-refractivity contribution in [2.45, 2.75) is 33.7 Å². The van der Waals surface area contributed by atoms with Crippen molar-refractivity contribution in [3.8, 4) is 5.75 Å². The Morgan fingerprint density at radius 3 is 2.12 bits per heavy atom. The predicted octanol–water partition coefficient (Wildman–Crippen LogP) is 2.90. The van der Waals surface area contributed by atoms with Gasteiger partial charge in [-0.15, -0.1) is 0 Å². The lowest BCUT2D eigenvalue weighted by Crippen LogP contribution is -2.42. The van der Waals surface area contributed by atoms with Crippen molar-refractivity contribution in [1.82, 2.24) is 4.90 Å². The van der Waals surface area contributed by atoms with E-state index in [9.17, 15) is 9.90 Å². The van der Waals surface area contributed by atoms with E-state index in [4.69, 9.17) is 0 Å². The average molecular weight is 235 g/mol. The fourth-order valence-corrected chi connectivity index (χ4v) is 1.56. The summed E-state index contributed by atoms with van der Waals surface area (Å²) >= 11 is 0. The minimum atomic E-state index is -0.0209. The second-order valence-corrected chi connectivity index (χ2v) is 5.50. The van der Waals surface area contributed by atoms with E-state index in [1.165, 1.54) is 12.1 Å². The Morgan fingerprint density at radius 2 is 1.71 bits per heavy atom. The molecule has 0 heterocycles. The Morgan fingerprint density at radius 1 is 1.24 bits per heavy atom. The molecule has 17 heavy (non-hydrogen) atoms. The molecule has 1 N–H and O–H groups in total. The lowest BCUT2D eigenvalue weighted by atomic mass is 9.87. The van der Waals surface area contributed by atoms with Crippen LogP contribution < -0.4 is 0 Å². The molecule has 0 spiro atoms. The highest BCUT2D eigenvalue weighted by molar-refractivity contribution is 5.94. The van der Waals surface area contributed by atoms with Crippen LogP contribution in [0.2, 0.25) is 0 Å². The van der Waals surface area contributed by atoms with Gasteiger partial charge in [0.25, 0.3) is 5.91 Å². The van der Waals surface area contributed by atoms with Crippen molar-refractivity contribution in [3.63, 3.8) is 0 Å². The summed E-state index contributed by atoms with van der Waals surface area (Å²) in [6.45, 7) is 8.37. The third-order valence-corrected chi connectivity index (χ3v) is 3.27. The maximum absolute atomic E-state index is 12.2. The predicted molar refractivity (Wildman–Crippen MR) is 69.1 cm³/mol. The third kappa shape index (κ3) is 3.22. The molecule has 94 valence electrons. The van der Waals surface area contributed by atoms with Crippen LogP contribution in [0.1, 0.15) is 38.1 Å². The van der Waals surface area contributed by atoms with E-state index in [0.717, 1.165) is 0 Å². The zero-order valence-corrected chi connectivity index (χ0v) is 11.2. The van der Waals surface area contributed by atoms with Crippen LogP contribution in [0.3, 0.4) is 0 Å². The summed E-state index contributed by atoms with van der Waals surface area (Å²) in [5.41, 5.74) is 0.642. The molecule has 0 saturated heterocycles. The van der Waals surface area contributed by atoms with E-state index < -0.39 is 0 Å². The van der Waals surface area contributed by atoms with Crippen LogP contribution >= 0.6 is 0 Å². The monoisotopic (exact) mass is 235 g/mol. The van der Waals surface area contributed by atoms with Gasteiger partial charge in [-0.1, -0.05) is 20.8 Å². The van der Waals surface area contributed by atoms with Gasteiger partial charge in [0.1, 0.15) is 5.75 Å². The number of phenolic OH excluding ortho intramolecular Hbond substituents is 1. The molecule has 1 amide bonds. The molecular weight excluding hydrogens is 214 g/mol. The van der Waals surface area contributed by atoms with Crippen molar-refractivity contribution >= 4 is 5.91 Å². The fourth-order valence-electron chi connectivity index (χ4n) is 1.56. The summed E-state index contributed by atoms with van der Waals surface area (Å²) in [6.07, 6.45) is 0. The van der Waals surface area contributed by atoms with Gasteiger partial charge in [0.05, 0.1) is 0 Å². The van der Waals surface area contributed by atoms with Gasteiger partial charge in [-0.3, -0.25) is 4.79 Å². The van der Waals surface area contributed by atoms with Crippen LogP contribution in [0.15, 0.2) is 24.3 Å². The van der Waals surface area contributed by atoms with E-state index in [1.807, 2.05) is 14.0 Å². The minimum absolute atomic E-state index is 0.0209. The first-order valence-electron chi connectivity index (χ1n) is 5.79. The Labute approximate surface area is 103 Å². The van der Waals surface area contributed by atoms with Crippen LogP contribution in [0.25, 0.3) is 0 Å². The number of amides is 1. The molecule has 0 aromatic heterocycles. The number of nitrogens with zero attached hydrogens (tertiary/aromatic N) is 1. The Kier molecular flexibility index (Phi) is 3.81. The number of phenols is 1. The van der Waals surface area contributed by atoms with E-state index in [-0.39, 0.29) is 23.1 Å². The lowest BCUT2D eigenvalue weighted by Gasteiger charge is -2.35. The number of benzene rings is 1. The van der Waals surface area contributed by atoms with Gasteiger partial charge in [-0.25, -0.2) is 0 Å². The van der Waals surface area contributed by atoms with Crippen LogP contribution in [0.4, 0.5) is 0 Å². The molecule has 0 aliphatic rings. The van der Waals surface area contributed by atoms with Gasteiger partial charge >= 0.3 is 0 Å². The van der Waals surface area contributed by atoms with E-state index >= 15 is 0 Å². The van der Waals surface area contributed by atoms with Gasteiger partial charge < -0.3 is 10.0 Å². The Bertz CT molecular complexity index is 390. The topological polar surface area (TPSA) is 40.5 Å². The molecule has 0 saturated carbocycles. The van der Waals surface area contributed by atoms with Gasteiger partial charge in [-0.2, -0.15) is 0 Å². The van der Waals surface area contributed by atoms with E-state index in [0.29, 0.717) is 5.56 Å².